The van der Waals surface area contributed by atoms with Crippen molar-refractivity contribution >= 4 is 8.96 Å². The van der Waals surface area contributed by atoms with Crippen molar-refractivity contribution in [2.24, 2.45) is 0 Å². The van der Waals surface area contributed by atoms with Crippen LogP contribution in [-0.4, -0.2) is 33.6 Å². The van der Waals surface area contributed by atoms with Crippen LogP contribution < -0.4 is 4.98 Å². The minimum absolute atomic E-state index is 0.474. The van der Waals surface area contributed by atoms with Crippen molar-refractivity contribution in [1.82, 2.24) is 9.88 Å². The smallest absolute Gasteiger partial charge is 0.118 e. The normalized spacial score (nSPS) is 15.0. The number of hydrogen-bond donors (Lipinski definition) is 1. The van der Waals surface area contributed by atoms with Crippen LogP contribution in [0.4, 0.5) is 0 Å². The molecule has 0 heterocycles. The lowest BCUT2D eigenvalue weighted by atomic mass is 10.2. The Balaban J connectivity index is 4.19. The van der Waals surface area contributed by atoms with E-state index in [1.807, 2.05) is 0 Å². The van der Waals surface area contributed by atoms with Crippen LogP contribution >= 0.6 is 0 Å². The molecule has 0 bridgehead atoms. The summed E-state index contributed by atoms with van der Waals surface area (Å²) in [7, 11) is -0.871. The van der Waals surface area contributed by atoms with E-state index in [4.69, 9.17) is 0 Å². The van der Waals surface area contributed by atoms with Crippen LogP contribution in [0.3, 0.4) is 0 Å². The maximum atomic E-state index is 3.83. The Labute approximate surface area is 98.1 Å². The molecule has 0 aromatic heterocycles. The van der Waals surface area contributed by atoms with Crippen LogP contribution in [0.1, 0.15) is 48.5 Å². The molecule has 92 valence electrons. The van der Waals surface area contributed by atoms with Crippen LogP contribution in [-0.2, 0) is 0 Å². The zero-order valence-electron chi connectivity index (χ0n) is 11.7. The van der Waals surface area contributed by atoms with Crippen LogP contribution in [0.2, 0.25) is 10.6 Å². The highest BCUT2D eigenvalue weighted by molar-refractivity contribution is 6.60. The Bertz CT molecular complexity index is 159. The predicted octanol–water partition coefficient (Wildman–Crippen LogP) is 2.81. The van der Waals surface area contributed by atoms with Crippen molar-refractivity contribution in [1.29, 1.82) is 0 Å². The average molecular weight is 230 g/mol. The van der Waals surface area contributed by atoms with Gasteiger partial charge in [-0.1, -0.05) is 48.5 Å². The van der Waals surface area contributed by atoms with Crippen molar-refractivity contribution in [2.75, 3.05) is 19.8 Å². The Kier molecular flexibility index (Phi) is 6.72. The molecule has 0 spiro atoms. The van der Waals surface area contributed by atoms with Gasteiger partial charge in [0.1, 0.15) is 8.96 Å². The van der Waals surface area contributed by atoms with Crippen LogP contribution in [0.25, 0.3) is 0 Å². The lowest BCUT2D eigenvalue weighted by Crippen LogP contribution is -2.48. The van der Waals surface area contributed by atoms with Gasteiger partial charge >= 0.3 is 0 Å². The van der Waals surface area contributed by atoms with Gasteiger partial charge in [0.25, 0.3) is 0 Å². The second-order valence-electron chi connectivity index (χ2n) is 5.75. The van der Waals surface area contributed by atoms with Crippen molar-refractivity contribution in [3.05, 3.63) is 0 Å². The summed E-state index contributed by atoms with van der Waals surface area (Å²) >= 11 is 0. The molecular weight excluding hydrogens is 200 g/mol. The van der Waals surface area contributed by atoms with E-state index < -0.39 is 8.96 Å². The van der Waals surface area contributed by atoms with Gasteiger partial charge in [-0.05, 0) is 23.7 Å². The third-order valence-corrected chi connectivity index (χ3v) is 6.85. The molecule has 2 nitrogen and oxygen atoms in total. The molecule has 0 radical (unpaired) electrons. The van der Waals surface area contributed by atoms with Gasteiger partial charge in [-0.15, -0.1) is 0 Å². The predicted molar refractivity (Wildman–Crippen MR) is 72.9 cm³/mol. The van der Waals surface area contributed by atoms with Gasteiger partial charge < -0.3 is 4.98 Å². The number of hydrogen-bond acceptors (Lipinski definition) is 2. The van der Waals surface area contributed by atoms with Crippen LogP contribution in [0.5, 0.6) is 0 Å². The van der Waals surface area contributed by atoms with Gasteiger partial charge in [0.2, 0.25) is 0 Å². The molecule has 0 rings (SSSR count). The van der Waals surface area contributed by atoms with E-state index >= 15 is 0 Å². The quantitative estimate of drug-likeness (QED) is 0.557. The summed E-state index contributed by atoms with van der Waals surface area (Å²) in [6.07, 6.45) is 0. The molecule has 0 aliphatic rings. The van der Waals surface area contributed by atoms with Crippen LogP contribution in [0.15, 0.2) is 0 Å². The lowest BCUT2D eigenvalue weighted by molar-refractivity contribution is 0.297. The first-order chi connectivity index (χ1) is 6.82. The summed E-state index contributed by atoms with van der Waals surface area (Å²) < 4.78 is 0. The zero-order chi connectivity index (χ0) is 12.1. The van der Waals surface area contributed by atoms with Gasteiger partial charge in [-0.25, -0.2) is 0 Å². The summed E-state index contributed by atoms with van der Waals surface area (Å²) in [4.78, 5) is 6.28. The highest BCUT2D eigenvalue weighted by Crippen LogP contribution is 2.31. The molecule has 1 unspecified atom stereocenters. The van der Waals surface area contributed by atoms with Gasteiger partial charge in [-0.3, -0.25) is 4.90 Å². The number of nitrogens with one attached hydrogen (secondary N) is 1. The SMILES string of the molecule is CCN(CC)CN[SiH](C(C)C)C(C)(C)C. The lowest BCUT2D eigenvalue weighted by Gasteiger charge is -2.35. The largest absolute Gasteiger partial charge is 0.327 e. The van der Waals surface area contributed by atoms with Gasteiger partial charge in [-0.2, -0.15) is 0 Å². The minimum atomic E-state index is -0.871. The molecule has 0 aromatic rings. The molecule has 3 heteroatoms. The Morgan fingerprint density at radius 2 is 1.60 bits per heavy atom. The topological polar surface area (TPSA) is 15.3 Å². The van der Waals surface area contributed by atoms with E-state index in [0.717, 1.165) is 25.3 Å². The van der Waals surface area contributed by atoms with E-state index in [1.54, 1.807) is 0 Å². The summed E-state index contributed by atoms with van der Waals surface area (Å²) in [5.74, 6) is 0. The molecule has 0 fully saturated rings. The molecule has 0 aromatic carbocycles. The fraction of sp³-hybridized carbons (Fsp3) is 1.00. The Morgan fingerprint density at radius 3 is 1.87 bits per heavy atom. The maximum Gasteiger partial charge on any atom is 0.118 e. The van der Waals surface area contributed by atoms with Crippen molar-refractivity contribution in [3.8, 4) is 0 Å². The molecule has 15 heavy (non-hydrogen) atoms. The zero-order valence-corrected chi connectivity index (χ0v) is 12.9. The fourth-order valence-corrected chi connectivity index (χ4v) is 5.76. The molecule has 0 aliphatic carbocycles. The first-order valence-corrected chi connectivity index (χ1v) is 8.10. The first-order valence-electron chi connectivity index (χ1n) is 6.28. The summed E-state index contributed by atoms with van der Waals surface area (Å²) in [6.45, 7) is 19.7. The third kappa shape index (κ3) is 5.69. The molecule has 1 atom stereocenters. The highest BCUT2D eigenvalue weighted by Gasteiger charge is 2.29. The molecular formula is C12H30N2Si. The second kappa shape index (κ2) is 6.66. The highest BCUT2D eigenvalue weighted by atomic mass is 28.3. The molecule has 1 N–H and O–H groups in total. The van der Waals surface area contributed by atoms with Gasteiger partial charge in [0, 0.05) is 6.67 Å². The van der Waals surface area contributed by atoms with Crippen molar-refractivity contribution < 1.29 is 0 Å². The molecule has 0 saturated heterocycles. The second-order valence-corrected chi connectivity index (χ2v) is 10.2. The minimum Gasteiger partial charge on any atom is -0.327 e. The van der Waals surface area contributed by atoms with E-state index in [1.165, 1.54) is 0 Å². The maximum absolute atomic E-state index is 3.83. The van der Waals surface area contributed by atoms with E-state index in [2.05, 4.69) is 58.3 Å². The molecule has 0 aliphatic heterocycles. The van der Waals surface area contributed by atoms with Crippen molar-refractivity contribution in [2.45, 2.75) is 59.0 Å². The number of nitrogens with zero attached hydrogens (tertiary/aromatic N) is 1. The van der Waals surface area contributed by atoms with E-state index in [0.29, 0.717) is 5.04 Å². The number of rotatable bonds is 6. The first kappa shape index (κ1) is 15.1. The summed E-state index contributed by atoms with van der Waals surface area (Å²) in [5, 5.41) is 0.474. The van der Waals surface area contributed by atoms with Gasteiger partial charge in [0.15, 0.2) is 0 Å². The molecule has 0 saturated carbocycles. The summed E-state index contributed by atoms with van der Waals surface area (Å²) in [6, 6.07) is 0. The monoisotopic (exact) mass is 230 g/mol. The molecule has 0 amide bonds. The van der Waals surface area contributed by atoms with Gasteiger partial charge in [0.05, 0.1) is 0 Å². The van der Waals surface area contributed by atoms with E-state index in [-0.39, 0.29) is 0 Å². The Hall–Kier alpha value is 0.137. The average Bonchev–Trinajstić information content (AvgIpc) is 2.09. The Morgan fingerprint density at radius 1 is 1.13 bits per heavy atom. The van der Waals surface area contributed by atoms with E-state index in [9.17, 15) is 0 Å². The van der Waals surface area contributed by atoms with Crippen LogP contribution in [0, 0.1) is 0 Å². The van der Waals surface area contributed by atoms with Crippen molar-refractivity contribution in [3.63, 3.8) is 0 Å². The summed E-state index contributed by atoms with van der Waals surface area (Å²) in [5.41, 5.74) is 0.820. The third-order valence-electron chi connectivity index (χ3n) is 3.03. The standard InChI is InChI=1S/C12H30N2Si/c1-8-14(9-2)10-13-15(11(3)4)12(5,6)7/h11,13,15H,8-10H2,1-7H3. The fourth-order valence-electron chi connectivity index (χ4n) is 2.22.